The zero-order valence-corrected chi connectivity index (χ0v) is 11.9. The molecule has 1 N–H and O–H groups in total. The third-order valence-electron chi connectivity index (χ3n) is 3.19. The van der Waals surface area contributed by atoms with E-state index in [0.29, 0.717) is 5.02 Å². The summed E-state index contributed by atoms with van der Waals surface area (Å²) < 4.78 is 1.84. The monoisotopic (exact) mass is 286 g/mol. The van der Waals surface area contributed by atoms with Gasteiger partial charge in [-0.3, -0.25) is 0 Å². The van der Waals surface area contributed by atoms with Gasteiger partial charge >= 0.3 is 0 Å². The van der Waals surface area contributed by atoms with Gasteiger partial charge in [0.1, 0.15) is 5.52 Å². The van der Waals surface area contributed by atoms with E-state index in [1.807, 2.05) is 47.1 Å². The second-order valence-corrected chi connectivity index (χ2v) is 4.98. The fourth-order valence-electron chi connectivity index (χ4n) is 2.19. The molecule has 0 unspecified atom stereocenters. The van der Waals surface area contributed by atoms with Crippen molar-refractivity contribution in [2.24, 2.45) is 0 Å². The molecule has 0 atom stereocenters. The Morgan fingerprint density at radius 3 is 2.90 bits per heavy atom. The summed E-state index contributed by atoms with van der Waals surface area (Å²) in [7, 11) is 0. The highest BCUT2D eigenvalue weighted by Crippen LogP contribution is 2.23. The zero-order chi connectivity index (χ0) is 13.9. The van der Waals surface area contributed by atoms with Gasteiger partial charge in [-0.2, -0.15) is 0 Å². The number of benzene rings is 2. The number of nitrogens with one attached hydrogen (secondary N) is 1. The van der Waals surface area contributed by atoms with Crippen LogP contribution in [0.2, 0.25) is 5.02 Å². The summed E-state index contributed by atoms with van der Waals surface area (Å²) in [4.78, 5) is 0. The van der Waals surface area contributed by atoms with Gasteiger partial charge in [-0.1, -0.05) is 41.9 Å². The second kappa shape index (κ2) is 5.61. The van der Waals surface area contributed by atoms with Crippen molar-refractivity contribution in [3.8, 4) is 5.69 Å². The summed E-state index contributed by atoms with van der Waals surface area (Å²) in [6.45, 7) is 3.78. The maximum absolute atomic E-state index is 6.14. The Bertz CT molecular complexity index is 736. The average molecular weight is 287 g/mol. The molecule has 102 valence electrons. The van der Waals surface area contributed by atoms with Crippen molar-refractivity contribution in [3.05, 3.63) is 53.1 Å². The summed E-state index contributed by atoms with van der Waals surface area (Å²) in [5, 5.41) is 12.5. The summed E-state index contributed by atoms with van der Waals surface area (Å²) >= 11 is 6.14. The number of nitrogens with zero attached hydrogens (tertiary/aromatic N) is 3. The number of para-hydroxylation sites is 1. The molecular formula is C15H15ClN4. The van der Waals surface area contributed by atoms with E-state index in [-0.39, 0.29) is 0 Å². The van der Waals surface area contributed by atoms with E-state index in [1.54, 1.807) is 0 Å². The third kappa shape index (κ3) is 2.40. The van der Waals surface area contributed by atoms with Crippen LogP contribution in [0.15, 0.2) is 42.5 Å². The van der Waals surface area contributed by atoms with Gasteiger partial charge in [-0.05, 0) is 36.4 Å². The van der Waals surface area contributed by atoms with Crippen LogP contribution in [-0.4, -0.2) is 21.5 Å². The Balaban J connectivity index is 2.14. The molecule has 0 aliphatic carbocycles. The molecular weight excluding hydrogens is 272 g/mol. The van der Waals surface area contributed by atoms with Crippen molar-refractivity contribution in [3.63, 3.8) is 0 Å². The van der Waals surface area contributed by atoms with Crippen molar-refractivity contribution in [1.82, 2.24) is 20.3 Å². The lowest BCUT2D eigenvalue weighted by Crippen LogP contribution is -2.14. The van der Waals surface area contributed by atoms with Crippen LogP contribution in [0.1, 0.15) is 12.5 Å². The largest absolute Gasteiger partial charge is 0.313 e. The molecule has 1 aromatic heterocycles. The summed E-state index contributed by atoms with van der Waals surface area (Å²) in [5.74, 6) is 0. The van der Waals surface area contributed by atoms with Crippen LogP contribution in [0.4, 0.5) is 0 Å². The normalized spacial score (nSPS) is 11.1. The topological polar surface area (TPSA) is 42.7 Å². The van der Waals surface area contributed by atoms with Gasteiger partial charge in [-0.15, -0.1) is 5.10 Å². The lowest BCUT2D eigenvalue weighted by molar-refractivity contribution is 0.714. The average Bonchev–Trinajstić information content (AvgIpc) is 2.90. The van der Waals surface area contributed by atoms with Gasteiger partial charge in [0.2, 0.25) is 0 Å². The van der Waals surface area contributed by atoms with E-state index < -0.39 is 0 Å². The predicted octanol–water partition coefficient (Wildman–Crippen LogP) is 3.18. The number of aromatic nitrogens is 3. The molecule has 0 saturated heterocycles. The highest BCUT2D eigenvalue weighted by Gasteiger charge is 2.10. The molecule has 20 heavy (non-hydrogen) atoms. The molecule has 0 aliphatic heterocycles. The van der Waals surface area contributed by atoms with Crippen LogP contribution in [0.3, 0.4) is 0 Å². The van der Waals surface area contributed by atoms with Gasteiger partial charge in [0.25, 0.3) is 0 Å². The molecule has 0 bridgehead atoms. The Kier molecular flexibility index (Phi) is 3.67. The first-order valence-electron chi connectivity index (χ1n) is 6.59. The molecule has 0 saturated carbocycles. The minimum atomic E-state index is 0.694. The molecule has 3 aromatic rings. The van der Waals surface area contributed by atoms with Gasteiger partial charge in [-0.25, -0.2) is 4.68 Å². The fourth-order valence-corrected chi connectivity index (χ4v) is 2.36. The van der Waals surface area contributed by atoms with Gasteiger partial charge in [0, 0.05) is 11.6 Å². The zero-order valence-electron chi connectivity index (χ0n) is 11.2. The molecule has 4 nitrogen and oxygen atoms in total. The molecule has 5 heteroatoms. The van der Waals surface area contributed by atoms with E-state index in [0.717, 1.165) is 35.4 Å². The highest BCUT2D eigenvalue weighted by molar-refractivity contribution is 6.30. The first-order valence-corrected chi connectivity index (χ1v) is 6.97. The van der Waals surface area contributed by atoms with E-state index in [4.69, 9.17) is 11.6 Å². The molecule has 0 aliphatic rings. The first-order chi connectivity index (χ1) is 9.79. The van der Waals surface area contributed by atoms with E-state index in [1.165, 1.54) is 0 Å². The molecule has 3 rings (SSSR count). The van der Waals surface area contributed by atoms with Crippen molar-refractivity contribution in [1.29, 1.82) is 0 Å². The lowest BCUT2D eigenvalue weighted by Gasteiger charge is -2.11. The number of halogens is 1. The van der Waals surface area contributed by atoms with Crippen LogP contribution in [-0.2, 0) is 6.54 Å². The van der Waals surface area contributed by atoms with Crippen molar-refractivity contribution < 1.29 is 0 Å². The number of fused-ring (bicyclic) bond motifs is 1. The van der Waals surface area contributed by atoms with E-state index >= 15 is 0 Å². The highest BCUT2D eigenvalue weighted by atomic mass is 35.5. The van der Waals surface area contributed by atoms with E-state index in [9.17, 15) is 0 Å². The third-order valence-corrected chi connectivity index (χ3v) is 3.43. The minimum absolute atomic E-state index is 0.694. The number of hydrogen-bond donors (Lipinski definition) is 1. The van der Waals surface area contributed by atoms with Gasteiger partial charge in [0.15, 0.2) is 0 Å². The van der Waals surface area contributed by atoms with Crippen molar-refractivity contribution in [2.75, 3.05) is 6.54 Å². The maximum Gasteiger partial charge on any atom is 0.113 e. The predicted molar refractivity (Wildman–Crippen MR) is 81.3 cm³/mol. The van der Waals surface area contributed by atoms with Crippen LogP contribution < -0.4 is 5.32 Å². The van der Waals surface area contributed by atoms with Gasteiger partial charge in [0.05, 0.1) is 11.2 Å². The maximum atomic E-state index is 6.14. The molecule has 2 aromatic carbocycles. The van der Waals surface area contributed by atoms with Crippen LogP contribution in [0, 0.1) is 0 Å². The summed E-state index contributed by atoms with van der Waals surface area (Å²) in [5.41, 5.74) is 3.97. The first kappa shape index (κ1) is 13.1. The van der Waals surface area contributed by atoms with Crippen LogP contribution >= 0.6 is 11.6 Å². The van der Waals surface area contributed by atoms with Crippen molar-refractivity contribution >= 4 is 22.6 Å². The minimum Gasteiger partial charge on any atom is -0.313 e. The molecule has 0 amide bonds. The molecule has 0 spiro atoms. The van der Waals surface area contributed by atoms with Crippen LogP contribution in [0.25, 0.3) is 16.7 Å². The standard InChI is InChI=1S/C15H15ClN4/c1-2-17-10-11-7-8-12(16)9-15(11)20-14-6-4-3-5-13(14)18-19-20/h3-9,17H,2,10H2,1H3. The molecule has 1 heterocycles. The van der Waals surface area contributed by atoms with E-state index in [2.05, 4.69) is 22.6 Å². The fraction of sp³-hybridized carbons (Fsp3) is 0.200. The Labute approximate surface area is 122 Å². The Morgan fingerprint density at radius 1 is 1.20 bits per heavy atom. The van der Waals surface area contributed by atoms with Crippen molar-refractivity contribution in [2.45, 2.75) is 13.5 Å². The Hall–Kier alpha value is -1.91. The SMILES string of the molecule is CCNCc1ccc(Cl)cc1-n1nnc2ccccc21. The smallest absolute Gasteiger partial charge is 0.113 e. The summed E-state index contributed by atoms with van der Waals surface area (Å²) in [6.07, 6.45) is 0. The quantitative estimate of drug-likeness (QED) is 0.801. The number of hydrogen-bond acceptors (Lipinski definition) is 3. The van der Waals surface area contributed by atoms with Gasteiger partial charge < -0.3 is 5.32 Å². The summed E-state index contributed by atoms with van der Waals surface area (Å²) in [6, 6.07) is 13.7. The lowest BCUT2D eigenvalue weighted by atomic mass is 10.1. The molecule has 0 radical (unpaired) electrons. The van der Waals surface area contributed by atoms with Crippen LogP contribution in [0.5, 0.6) is 0 Å². The Morgan fingerprint density at radius 2 is 2.05 bits per heavy atom. The second-order valence-electron chi connectivity index (χ2n) is 4.54. The molecule has 0 fully saturated rings. The number of rotatable bonds is 4.